The van der Waals surface area contributed by atoms with Gasteiger partial charge in [0.15, 0.2) is 0 Å². The van der Waals surface area contributed by atoms with Gasteiger partial charge >= 0.3 is 5.97 Å². The maximum atomic E-state index is 12.5. The van der Waals surface area contributed by atoms with E-state index in [4.69, 9.17) is 4.74 Å². The van der Waals surface area contributed by atoms with Crippen LogP contribution in [-0.4, -0.2) is 62.8 Å². The van der Waals surface area contributed by atoms with Crippen molar-refractivity contribution in [2.75, 3.05) is 40.0 Å². The van der Waals surface area contributed by atoms with Crippen molar-refractivity contribution in [2.45, 2.75) is 26.3 Å². The van der Waals surface area contributed by atoms with Gasteiger partial charge in [0.05, 0.1) is 26.2 Å². The highest BCUT2D eigenvalue weighted by Gasteiger charge is 2.36. The summed E-state index contributed by atoms with van der Waals surface area (Å²) in [6.07, 6.45) is 0.808. The number of esters is 1. The Labute approximate surface area is 114 Å². The molecule has 110 valence electrons. The van der Waals surface area contributed by atoms with Crippen LogP contribution in [0.25, 0.3) is 0 Å². The molecule has 1 heterocycles. The van der Waals surface area contributed by atoms with E-state index in [1.807, 2.05) is 13.8 Å². The smallest absolute Gasteiger partial charge is 0.325 e. The summed E-state index contributed by atoms with van der Waals surface area (Å²) < 4.78 is 10.0. The summed E-state index contributed by atoms with van der Waals surface area (Å²) in [4.78, 5) is 25.4. The maximum absolute atomic E-state index is 12.5. The second-order valence-corrected chi connectivity index (χ2v) is 4.64. The zero-order chi connectivity index (χ0) is 14.3. The Morgan fingerprint density at radius 1 is 1.37 bits per heavy atom. The summed E-state index contributed by atoms with van der Waals surface area (Å²) in [5, 5.41) is 3.25. The third-order valence-corrected chi connectivity index (χ3v) is 3.22. The summed E-state index contributed by atoms with van der Waals surface area (Å²) in [7, 11) is 1.33. The van der Waals surface area contributed by atoms with E-state index in [0.29, 0.717) is 19.8 Å². The first kappa shape index (κ1) is 15.9. The van der Waals surface area contributed by atoms with E-state index in [9.17, 15) is 9.59 Å². The highest BCUT2D eigenvalue weighted by molar-refractivity contribution is 5.84. The number of carbonyl (C=O) groups excluding carboxylic acids is 2. The lowest BCUT2D eigenvalue weighted by atomic mass is 10.0. The SMILES string of the molecule is CCCN(CC(=O)OC)C(=O)C1COCC1NCC. The predicted octanol–water partition coefficient (Wildman–Crippen LogP) is 0.0225. The monoisotopic (exact) mass is 272 g/mol. The molecule has 1 rings (SSSR count). The number of nitrogens with one attached hydrogen (secondary N) is 1. The van der Waals surface area contributed by atoms with E-state index in [2.05, 4.69) is 10.1 Å². The molecular formula is C13H24N2O4. The highest BCUT2D eigenvalue weighted by Crippen LogP contribution is 2.17. The van der Waals surface area contributed by atoms with E-state index < -0.39 is 0 Å². The molecule has 6 nitrogen and oxygen atoms in total. The first-order chi connectivity index (χ1) is 9.13. The number of hydrogen-bond donors (Lipinski definition) is 1. The first-order valence-corrected chi connectivity index (χ1v) is 6.80. The summed E-state index contributed by atoms with van der Waals surface area (Å²) in [5.41, 5.74) is 0. The number of rotatable bonds is 7. The standard InChI is InChI=1S/C13H24N2O4/c1-4-6-15(7-12(16)18-3)13(17)10-8-19-9-11(10)14-5-2/h10-11,14H,4-9H2,1-3H3. The highest BCUT2D eigenvalue weighted by atomic mass is 16.5. The second kappa shape index (κ2) is 8.12. The van der Waals surface area contributed by atoms with Crippen LogP contribution in [0.15, 0.2) is 0 Å². The van der Waals surface area contributed by atoms with E-state index in [1.165, 1.54) is 7.11 Å². The van der Waals surface area contributed by atoms with Gasteiger partial charge in [0.2, 0.25) is 5.91 Å². The molecule has 1 fully saturated rings. The predicted molar refractivity (Wildman–Crippen MR) is 70.7 cm³/mol. The van der Waals surface area contributed by atoms with Crippen molar-refractivity contribution in [2.24, 2.45) is 5.92 Å². The van der Waals surface area contributed by atoms with Crippen molar-refractivity contribution in [3.8, 4) is 0 Å². The molecule has 0 aliphatic carbocycles. The molecule has 0 spiro atoms. The van der Waals surface area contributed by atoms with Crippen LogP contribution in [0.5, 0.6) is 0 Å². The molecule has 0 bridgehead atoms. The van der Waals surface area contributed by atoms with Crippen LogP contribution in [0.2, 0.25) is 0 Å². The third-order valence-electron chi connectivity index (χ3n) is 3.22. The molecule has 0 saturated carbocycles. The number of amides is 1. The fourth-order valence-corrected chi connectivity index (χ4v) is 2.25. The zero-order valence-electron chi connectivity index (χ0n) is 12.0. The molecule has 0 aromatic rings. The molecule has 1 amide bonds. The number of hydrogen-bond acceptors (Lipinski definition) is 5. The Hall–Kier alpha value is -1.14. The Kier molecular flexibility index (Phi) is 6.80. The molecule has 0 radical (unpaired) electrons. The van der Waals surface area contributed by atoms with Gasteiger partial charge in [-0.2, -0.15) is 0 Å². The van der Waals surface area contributed by atoms with Crippen molar-refractivity contribution < 1.29 is 19.1 Å². The van der Waals surface area contributed by atoms with Crippen LogP contribution in [-0.2, 0) is 19.1 Å². The minimum Gasteiger partial charge on any atom is -0.468 e. The van der Waals surface area contributed by atoms with Crippen molar-refractivity contribution >= 4 is 11.9 Å². The quantitative estimate of drug-likeness (QED) is 0.662. The van der Waals surface area contributed by atoms with Gasteiger partial charge in [-0.15, -0.1) is 0 Å². The lowest BCUT2D eigenvalue weighted by Gasteiger charge is -2.26. The molecule has 0 aromatic carbocycles. The van der Waals surface area contributed by atoms with E-state index in [0.717, 1.165) is 13.0 Å². The van der Waals surface area contributed by atoms with Crippen LogP contribution in [0.1, 0.15) is 20.3 Å². The van der Waals surface area contributed by atoms with Crippen LogP contribution < -0.4 is 5.32 Å². The minimum atomic E-state index is -0.388. The summed E-state index contributed by atoms with van der Waals surface area (Å²) >= 11 is 0. The Balaban J connectivity index is 2.66. The van der Waals surface area contributed by atoms with Crippen LogP contribution >= 0.6 is 0 Å². The Morgan fingerprint density at radius 3 is 2.68 bits per heavy atom. The van der Waals surface area contributed by atoms with Gasteiger partial charge in [0.1, 0.15) is 6.54 Å². The van der Waals surface area contributed by atoms with Crippen molar-refractivity contribution in [3.05, 3.63) is 0 Å². The molecule has 2 unspecified atom stereocenters. The normalized spacial score (nSPS) is 22.3. The van der Waals surface area contributed by atoms with Gasteiger partial charge < -0.3 is 19.7 Å². The number of likely N-dealkylation sites (N-methyl/N-ethyl adjacent to an activating group) is 1. The molecule has 1 aliphatic heterocycles. The average Bonchev–Trinajstić information content (AvgIpc) is 2.86. The molecule has 2 atom stereocenters. The molecule has 19 heavy (non-hydrogen) atoms. The van der Waals surface area contributed by atoms with Gasteiger partial charge in [-0.1, -0.05) is 13.8 Å². The summed E-state index contributed by atoms with van der Waals surface area (Å²) in [5.74, 6) is -0.632. The molecular weight excluding hydrogens is 248 g/mol. The summed E-state index contributed by atoms with van der Waals surface area (Å²) in [6, 6.07) is 0.0366. The zero-order valence-corrected chi connectivity index (χ0v) is 12.0. The van der Waals surface area contributed by atoms with Gasteiger partial charge in [0.25, 0.3) is 0 Å². The van der Waals surface area contributed by atoms with Crippen molar-refractivity contribution in [1.82, 2.24) is 10.2 Å². The molecule has 6 heteroatoms. The lowest BCUT2D eigenvalue weighted by molar-refractivity contribution is -0.148. The summed E-state index contributed by atoms with van der Waals surface area (Å²) in [6.45, 7) is 6.30. The third kappa shape index (κ3) is 4.47. The van der Waals surface area contributed by atoms with E-state index in [1.54, 1.807) is 4.90 Å². The number of methoxy groups -OCH3 is 1. The fourth-order valence-electron chi connectivity index (χ4n) is 2.25. The van der Waals surface area contributed by atoms with Crippen LogP contribution in [0, 0.1) is 5.92 Å². The van der Waals surface area contributed by atoms with Gasteiger partial charge in [0, 0.05) is 12.6 Å². The lowest BCUT2D eigenvalue weighted by Crippen LogP contribution is -2.47. The molecule has 1 aliphatic rings. The van der Waals surface area contributed by atoms with Crippen molar-refractivity contribution in [1.29, 1.82) is 0 Å². The number of carbonyl (C=O) groups is 2. The van der Waals surface area contributed by atoms with E-state index >= 15 is 0 Å². The Morgan fingerprint density at radius 2 is 2.11 bits per heavy atom. The number of nitrogens with zero attached hydrogens (tertiary/aromatic N) is 1. The molecule has 1 saturated heterocycles. The average molecular weight is 272 g/mol. The molecule has 1 N–H and O–H groups in total. The van der Waals surface area contributed by atoms with Crippen LogP contribution in [0.3, 0.4) is 0 Å². The second-order valence-electron chi connectivity index (χ2n) is 4.64. The van der Waals surface area contributed by atoms with Gasteiger partial charge in [-0.05, 0) is 13.0 Å². The topological polar surface area (TPSA) is 67.9 Å². The minimum absolute atomic E-state index is 0.0124. The fraction of sp³-hybridized carbons (Fsp3) is 0.846. The van der Waals surface area contributed by atoms with Gasteiger partial charge in [-0.25, -0.2) is 0 Å². The Bertz CT molecular complexity index is 309. The van der Waals surface area contributed by atoms with E-state index in [-0.39, 0.29) is 30.4 Å². The first-order valence-electron chi connectivity index (χ1n) is 6.80. The largest absolute Gasteiger partial charge is 0.468 e. The van der Waals surface area contributed by atoms with Crippen LogP contribution in [0.4, 0.5) is 0 Å². The van der Waals surface area contributed by atoms with Gasteiger partial charge in [-0.3, -0.25) is 9.59 Å². The number of ether oxygens (including phenoxy) is 2. The molecule has 0 aromatic heterocycles. The maximum Gasteiger partial charge on any atom is 0.325 e. The van der Waals surface area contributed by atoms with Crippen molar-refractivity contribution in [3.63, 3.8) is 0 Å².